The minimum absolute atomic E-state index is 0.218. The van der Waals surface area contributed by atoms with Crippen LogP contribution in [-0.4, -0.2) is 49.6 Å². The number of benzene rings is 2. The van der Waals surface area contributed by atoms with Crippen molar-refractivity contribution in [3.8, 4) is 0 Å². The van der Waals surface area contributed by atoms with E-state index >= 15 is 0 Å². The molecule has 2 aromatic carbocycles. The van der Waals surface area contributed by atoms with Crippen LogP contribution in [0.15, 0.2) is 48.5 Å². The first-order valence-electron chi connectivity index (χ1n) is 12.6. The lowest BCUT2D eigenvalue weighted by molar-refractivity contribution is -0.124. The molecule has 5 rings (SSSR count). The Hall–Kier alpha value is -2.33. The van der Waals surface area contributed by atoms with E-state index in [0.717, 1.165) is 58.4 Å². The molecule has 0 bridgehead atoms. The van der Waals surface area contributed by atoms with Crippen LogP contribution in [0.5, 0.6) is 0 Å². The predicted molar refractivity (Wildman–Crippen MR) is 132 cm³/mol. The van der Waals surface area contributed by atoms with E-state index in [1.54, 1.807) is 0 Å². The zero-order valence-electron chi connectivity index (χ0n) is 19.5. The first-order chi connectivity index (χ1) is 15.7. The molecule has 4 nitrogen and oxygen atoms in total. The average molecular weight is 432 g/mol. The van der Waals surface area contributed by atoms with Gasteiger partial charge in [0.25, 0.3) is 0 Å². The third-order valence-corrected chi connectivity index (χ3v) is 7.80. The van der Waals surface area contributed by atoms with Crippen LogP contribution in [0.4, 0.5) is 11.4 Å². The van der Waals surface area contributed by atoms with Gasteiger partial charge in [0, 0.05) is 56.1 Å². The van der Waals surface area contributed by atoms with Crippen molar-refractivity contribution in [1.82, 2.24) is 4.90 Å². The molecule has 0 N–H and O–H groups in total. The first kappa shape index (κ1) is 21.5. The number of carbonyl (C=O) groups is 1. The maximum atomic E-state index is 13.7. The maximum Gasteiger partial charge on any atom is 0.230 e. The Kier molecular flexibility index (Phi) is 6.49. The predicted octanol–water partition coefficient (Wildman–Crippen LogP) is 5.05. The summed E-state index contributed by atoms with van der Waals surface area (Å²) in [7, 11) is 0. The molecule has 2 fully saturated rings. The van der Waals surface area contributed by atoms with Crippen LogP contribution in [0.25, 0.3) is 0 Å². The minimum atomic E-state index is 0.218. The molecule has 0 aromatic heterocycles. The largest absolute Gasteiger partial charge is 0.369 e. The van der Waals surface area contributed by atoms with Crippen LogP contribution in [0.1, 0.15) is 49.7 Å². The number of para-hydroxylation sites is 1. The SMILES string of the molecule is Cc1ccc(N2CCN(CC3CCc4ccccc4N3C(=O)C3CCCCC3)CC2)cc1. The molecule has 4 heteroatoms. The molecule has 2 aliphatic heterocycles. The van der Waals surface area contributed by atoms with Crippen molar-refractivity contribution >= 4 is 17.3 Å². The fraction of sp³-hybridized carbons (Fsp3) is 0.536. The number of hydrogen-bond donors (Lipinski definition) is 0. The fourth-order valence-electron chi connectivity index (χ4n) is 5.87. The highest BCUT2D eigenvalue weighted by atomic mass is 16.2. The molecule has 0 radical (unpaired) electrons. The summed E-state index contributed by atoms with van der Waals surface area (Å²) in [5, 5.41) is 0. The van der Waals surface area contributed by atoms with Crippen LogP contribution >= 0.6 is 0 Å². The van der Waals surface area contributed by atoms with Crippen molar-refractivity contribution in [3.05, 3.63) is 59.7 Å². The van der Waals surface area contributed by atoms with E-state index in [1.807, 2.05) is 0 Å². The number of carbonyl (C=O) groups excluding carboxylic acids is 1. The number of hydrogen-bond acceptors (Lipinski definition) is 3. The molecule has 0 spiro atoms. The van der Waals surface area contributed by atoms with Crippen molar-refractivity contribution in [3.63, 3.8) is 0 Å². The number of fused-ring (bicyclic) bond motifs is 1. The molecular weight excluding hydrogens is 394 g/mol. The minimum Gasteiger partial charge on any atom is -0.369 e. The zero-order chi connectivity index (χ0) is 21.9. The quantitative estimate of drug-likeness (QED) is 0.678. The third-order valence-electron chi connectivity index (χ3n) is 7.80. The smallest absolute Gasteiger partial charge is 0.230 e. The van der Waals surface area contributed by atoms with Crippen molar-refractivity contribution in [1.29, 1.82) is 0 Å². The van der Waals surface area contributed by atoms with Gasteiger partial charge in [-0.1, -0.05) is 55.2 Å². The summed E-state index contributed by atoms with van der Waals surface area (Å²) in [5.41, 5.74) is 5.17. The molecule has 1 saturated carbocycles. The van der Waals surface area contributed by atoms with Crippen LogP contribution in [0.3, 0.4) is 0 Å². The Morgan fingerprint density at radius 3 is 2.34 bits per heavy atom. The number of amides is 1. The van der Waals surface area contributed by atoms with Crippen LogP contribution < -0.4 is 9.80 Å². The van der Waals surface area contributed by atoms with Crippen LogP contribution in [0.2, 0.25) is 0 Å². The van der Waals surface area contributed by atoms with E-state index in [9.17, 15) is 4.79 Å². The number of piperazine rings is 1. The summed E-state index contributed by atoms with van der Waals surface area (Å²) in [5.74, 6) is 0.607. The van der Waals surface area contributed by atoms with E-state index in [4.69, 9.17) is 0 Å². The highest BCUT2D eigenvalue weighted by Crippen LogP contribution is 2.35. The second kappa shape index (κ2) is 9.66. The van der Waals surface area contributed by atoms with Gasteiger partial charge >= 0.3 is 0 Å². The van der Waals surface area contributed by atoms with Gasteiger partial charge in [-0.25, -0.2) is 0 Å². The highest BCUT2D eigenvalue weighted by molar-refractivity contribution is 5.97. The van der Waals surface area contributed by atoms with Gasteiger partial charge < -0.3 is 9.80 Å². The summed E-state index contributed by atoms with van der Waals surface area (Å²) in [4.78, 5) is 21.0. The molecule has 1 atom stereocenters. The van der Waals surface area contributed by atoms with Gasteiger partial charge in [0.05, 0.1) is 0 Å². The number of anilines is 2. The van der Waals surface area contributed by atoms with Gasteiger partial charge in [0.1, 0.15) is 0 Å². The molecule has 170 valence electrons. The van der Waals surface area contributed by atoms with Crippen molar-refractivity contribution in [2.24, 2.45) is 5.92 Å². The first-order valence-corrected chi connectivity index (χ1v) is 12.6. The summed E-state index contributed by atoms with van der Waals surface area (Å²) >= 11 is 0. The van der Waals surface area contributed by atoms with E-state index in [1.165, 1.54) is 41.8 Å². The van der Waals surface area contributed by atoms with Gasteiger partial charge in [0.15, 0.2) is 0 Å². The van der Waals surface area contributed by atoms with E-state index in [-0.39, 0.29) is 5.92 Å². The second-order valence-corrected chi connectivity index (χ2v) is 9.99. The maximum absolute atomic E-state index is 13.7. The summed E-state index contributed by atoms with van der Waals surface area (Å²) < 4.78 is 0. The van der Waals surface area contributed by atoms with Crippen molar-refractivity contribution < 1.29 is 4.79 Å². The Morgan fingerprint density at radius 2 is 1.59 bits per heavy atom. The Bertz CT molecular complexity index is 911. The molecule has 1 aliphatic carbocycles. The Balaban J connectivity index is 1.28. The topological polar surface area (TPSA) is 26.8 Å². The number of rotatable bonds is 4. The number of nitrogens with zero attached hydrogens (tertiary/aromatic N) is 3. The van der Waals surface area contributed by atoms with Crippen LogP contribution in [-0.2, 0) is 11.2 Å². The summed E-state index contributed by atoms with van der Waals surface area (Å²) in [6, 6.07) is 17.8. The normalized spacial score (nSPS) is 22.6. The highest BCUT2D eigenvalue weighted by Gasteiger charge is 2.36. The molecule has 1 amide bonds. The molecule has 1 saturated heterocycles. The Morgan fingerprint density at radius 1 is 0.875 bits per heavy atom. The number of aryl methyl sites for hydroxylation is 2. The van der Waals surface area contributed by atoms with E-state index < -0.39 is 0 Å². The van der Waals surface area contributed by atoms with E-state index in [0.29, 0.717) is 11.9 Å². The van der Waals surface area contributed by atoms with Gasteiger partial charge in [0.2, 0.25) is 5.91 Å². The molecule has 2 heterocycles. The standard InChI is InChI=1S/C28H37N3O/c1-22-11-14-25(15-12-22)30-19-17-29(18-20-30)21-26-16-13-23-7-5-6-10-27(23)31(26)28(32)24-8-3-2-4-9-24/h5-7,10-12,14-15,24,26H,2-4,8-9,13,16-21H2,1H3. The van der Waals surface area contributed by atoms with Gasteiger partial charge in [-0.3, -0.25) is 9.69 Å². The lowest BCUT2D eigenvalue weighted by Gasteiger charge is -2.43. The van der Waals surface area contributed by atoms with Gasteiger partial charge in [-0.2, -0.15) is 0 Å². The van der Waals surface area contributed by atoms with Gasteiger partial charge in [-0.05, 0) is 56.4 Å². The van der Waals surface area contributed by atoms with Crippen molar-refractivity contribution in [2.75, 3.05) is 42.5 Å². The summed E-state index contributed by atoms with van der Waals surface area (Å²) in [6.45, 7) is 7.39. The van der Waals surface area contributed by atoms with Gasteiger partial charge in [-0.15, -0.1) is 0 Å². The average Bonchev–Trinajstić information content (AvgIpc) is 2.85. The third kappa shape index (κ3) is 4.56. The molecular formula is C28H37N3O. The lowest BCUT2D eigenvalue weighted by Crippen LogP contribution is -2.55. The lowest BCUT2D eigenvalue weighted by atomic mass is 9.86. The zero-order valence-corrected chi connectivity index (χ0v) is 19.5. The molecule has 32 heavy (non-hydrogen) atoms. The molecule has 2 aromatic rings. The fourth-order valence-corrected chi connectivity index (χ4v) is 5.87. The van der Waals surface area contributed by atoms with E-state index in [2.05, 4.69) is 70.2 Å². The Labute approximate surface area is 193 Å². The molecule has 1 unspecified atom stereocenters. The van der Waals surface area contributed by atoms with Crippen molar-refractivity contribution in [2.45, 2.75) is 57.9 Å². The molecule has 3 aliphatic rings. The van der Waals surface area contributed by atoms with Crippen LogP contribution in [0, 0.1) is 12.8 Å². The summed E-state index contributed by atoms with van der Waals surface area (Å²) in [6.07, 6.45) is 8.00. The monoisotopic (exact) mass is 431 g/mol. The second-order valence-electron chi connectivity index (χ2n) is 9.99.